The molecule has 0 saturated carbocycles. The van der Waals surface area contributed by atoms with E-state index in [1.807, 2.05) is 18.2 Å². The first-order valence-electron chi connectivity index (χ1n) is 11.2. The number of pyridine rings is 1. The van der Waals surface area contributed by atoms with Crippen LogP contribution in [0.25, 0.3) is 10.8 Å². The Morgan fingerprint density at radius 1 is 1.03 bits per heavy atom. The Morgan fingerprint density at radius 2 is 1.72 bits per heavy atom. The second-order valence-corrected chi connectivity index (χ2v) is 9.04. The van der Waals surface area contributed by atoms with E-state index < -0.39 is 12.0 Å². The molecule has 2 saturated heterocycles. The zero-order chi connectivity index (χ0) is 22.4. The van der Waals surface area contributed by atoms with Crippen molar-refractivity contribution >= 4 is 16.5 Å². The van der Waals surface area contributed by atoms with Crippen LogP contribution in [0.4, 0.5) is 14.5 Å². The molecular weight excluding hydrogens is 412 g/mol. The van der Waals surface area contributed by atoms with Crippen molar-refractivity contribution in [2.45, 2.75) is 50.9 Å². The van der Waals surface area contributed by atoms with Crippen molar-refractivity contribution in [1.82, 2.24) is 9.88 Å². The van der Waals surface area contributed by atoms with E-state index in [-0.39, 0.29) is 23.5 Å². The lowest BCUT2D eigenvalue weighted by atomic mass is 10.0. The first kappa shape index (κ1) is 21.1. The molecule has 3 atom stereocenters. The number of benzene rings is 2. The average Bonchev–Trinajstić information content (AvgIpc) is 3.03. The van der Waals surface area contributed by atoms with Gasteiger partial charge in [0.15, 0.2) is 0 Å². The number of hydrogen-bond donors (Lipinski definition) is 2. The molecule has 0 spiro atoms. The zero-order valence-electron chi connectivity index (χ0n) is 18.0. The van der Waals surface area contributed by atoms with Gasteiger partial charge in [0, 0.05) is 36.6 Å². The minimum absolute atomic E-state index is 0.238. The first-order valence-corrected chi connectivity index (χ1v) is 11.2. The highest BCUT2D eigenvalue weighted by molar-refractivity contribution is 5.85. The van der Waals surface area contributed by atoms with Crippen LogP contribution >= 0.6 is 0 Å². The number of halogens is 2. The summed E-state index contributed by atoms with van der Waals surface area (Å²) >= 11 is 0. The summed E-state index contributed by atoms with van der Waals surface area (Å²) in [5, 5.41) is 12.1. The second-order valence-electron chi connectivity index (χ2n) is 9.04. The van der Waals surface area contributed by atoms with E-state index in [4.69, 9.17) is 0 Å². The number of hydrogen-bond acceptors (Lipinski definition) is 4. The van der Waals surface area contributed by atoms with E-state index in [0.29, 0.717) is 18.2 Å². The molecule has 5 rings (SSSR count). The van der Waals surface area contributed by atoms with Crippen LogP contribution in [-0.4, -0.2) is 46.4 Å². The Balaban J connectivity index is 1.27. The van der Waals surface area contributed by atoms with Gasteiger partial charge in [-0.25, -0.2) is 8.78 Å². The van der Waals surface area contributed by atoms with Crippen molar-refractivity contribution in [3.05, 3.63) is 75.7 Å². The molecule has 2 N–H and O–H groups in total. The molecule has 3 aromatic rings. The van der Waals surface area contributed by atoms with Gasteiger partial charge >= 0.3 is 0 Å². The van der Waals surface area contributed by atoms with Gasteiger partial charge in [-0.1, -0.05) is 0 Å². The standard InChI is InChI=1S/C25H27F2N3O2/c1-15-10-17(27)11-23-22(15)12-18(28-25(23)32)4-9-24(31)30-20-7-8-21(30)14-29(13-20)19-5-2-16(26)3-6-19/h2-3,5-6,10-12,20-21,24,31H,4,7-9,13-14H2,1H3,(H,28,32). The Labute approximate surface area is 185 Å². The minimum atomic E-state index is -0.601. The molecule has 168 valence electrons. The molecule has 5 nitrogen and oxygen atoms in total. The fourth-order valence-corrected chi connectivity index (χ4v) is 5.41. The fourth-order valence-electron chi connectivity index (χ4n) is 5.41. The maximum atomic E-state index is 13.7. The summed E-state index contributed by atoms with van der Waals surface area (Å²) in [6.07, 6.45) is 2.48. The molecule has 2 aliphatic rings. The number of rotatable bonds is 5. The smallest absolute Gasteiger partial charge is 0.256 e. The molecule has 0 radical (unpaired) electrons. The number of nitrogens with one attached hydrogen (secondary N) is 1. The summed E-state index contributed by atoms with van der Waals surface area (Å²) in [5.74, 6) is -0.656. The summed E-state index contributed by atoms with van der Waals surface area (Å²) in [4.78, 5) is 19.8. The highest BCUT2D eigenvalue weighted by atomic mass is 19.1. The minimum Gasteiger partial charge on any atom is -0.378 e. The van der Waals surface area contributed by atoms with Crippen molar-refractivity contribution in [2.24, 2.45) is 0 Å². The third-order valence-electron chi connectivity index (χ3n) is 6.94. The van der Waals surface area contributed by atoms with Gasteiger partial charge in [-0.05, 0) is 86.0 Å². The highest BCUT2D eigenvalue weighted by Gasteiger charge is 2.42. The van der Waals surface area contributed by atoms with Crippen molar-refractivity contribution in [1.29, 1.82) is 0 Å². The monoisotopic (exact) mass is 439 g/mol. The van der Waals surface area contributed by atoms with E-state index in [2.05, 4.69) is 14.8 Å². The van der Waals surface area contributed by atoms with E-state index in [0.717, 1.165) is 48.3 Å². The lowest BCUT2D eigenvalue weighted by Crippen LogP contribution is -2.57. The van der Waals surface area contributed by atoms with Gasteiger partial charge in [0.25, 0.3) is 5.56 Å². The third-order valence-corrected chi connectivity index (χ3v) is 6.94. The van der Waals surface area contributed by atoms with Crippen LogP contribution in [0.15, 0.2) is 47.3 Å². The third kappa shape index (κ3) is 3.91. The van der Waals surface area contributed by atoms with Crippen LogP contribution in [0.2, 0.25) is 0 Å². The second kappa shape index (κ2) is 8.30. The van der Waals surface area contributed by atoms with Gasteiger partial charge in [0.2, 0.25) is 0 Å². The zero-order valence-corrected chi connectivity index (χ0v) is 18.0. The molecule has 0 aliphatic carbocycles. The first-order chi connectivity index (χ1) is 15.4. The largest absolute Gasteiger partial charge is 0.378 e. The number of anilines is 1. The Hall–Kier alpha value is -2.77. The molecular formula is C25H27F2N3O2. The maximum absolute atomic E-state index is 13.7. The molecule has 0 amide bonds. The number of nitrogens with zero attached hydrogens (tertiary/aromatic N) is 2. The number of aryl methyl sites for hydroxylation is 2. The number of aromatic amines is 1. The summed E-state index contributed by atoms with van der Waals surface area (Å²) in [6, 6.07) is 11.7. The number of H-pyrrole nitrogens is 1. The van der Waals surface area contributed by atoms with Crippen molar-refractivity contribution in [3.8, 4) is 0 Å². The molecule has 3 unspecified atom stereocenters. The molecule has 2 aliphatic heterocycles. The molecule has 32 heavy (non-hydrogen) atoms. The summed E-state index contributed by atoms with van der Waals surface area (Å²) in [6.45, 7) is 3.40. The van der Waals surface area contributed by atoms with Crippen molar-refractivity contribution in [2.75, 3.05) is 18.0 Å². The fraction of sp³-hybridized carbons (Fsp3) is 0.400. The van der Waals surface area contributed by atoms with Crippen LogP contribution in [0, 0.1) is 18.6 Å². The van der Waals surface area contributed by atoms with Crippen molar-refractivity contribution in [3.63, 3.8) is 0 Å². The number of fused-ring (bicyclic) bond motifs is 3. The Bertz CT molecular complexity index is 1180. The van der Waals surface area contributed by atoms with E-state index in [1.165, 1.54) is 24.3 Å². The van der Waals surface area contributed by atoms with Gasteiger partial charge in [0.05, 0.1) is 5.39 Å². The molecule has 7 heteroatoms. The topological polar surface area (TPSA) is 59.6 Å². The van der Waals surface area contributed by atoms with Gasteiger partial charge in [-0.2, -0.15) is 0 Å². The molecule has 3 heterocycles. The van der Waals surface area contributed by atoms with E-state index in [9.17, 15) is 18.7 Å². The van der Waals surface area contributed by atoms with Crippen LogP contribution < -0.4 is 10.5 Å². The Morgan fingerprint density at radius 3 is 2.41 bits per heavy atom. The van der Waals surface area contributed by atoms with Crippen molar-refractivity contribution < 1.29 is 13.9 Å². The summed E-state index contributed by atoms with van der Waals surface area (Å²) in [7, 11) is 0. The molecule has 2 bridgehead atoms. The summed E-state index contributed by atoms with van der Waals surface area (Å²) in [5.41, 5.74) is 2.18. The normalized spacial score (nSPS) is 21.9. The van der Waals surface area contributed by atoms with E-state index >= 15 is 0 Å². The van der Waals surface area contributed by atoms with Gasteiger partial charge in [-0.3, -0.25) is 9.69 Å². The van der Waals surface area contributed by atoms with Crippen LogP contribution in [0.3, 0.4) is 0 Å². The average molecular weight is 440 g/mol. The maximum Gasteiger partial charge on any atom is 0.256 e. The highest BCUT2D eigenvalue weighted by Crippen LogP contribution is 2.34. The molecule has 2 fully saturated rings. The van der Waals surface area contributed by atoms with E-state index in [1.54, 1.807) is 6.92 Å². The number of piperazine rings is 1. The molecule has 2 aromatic carbocycles. The van der Waals surface area contributed by atoms with Gasteiger partial charge < -0.3 is 15.0 Å². The van der Waals surface area contributed by atoms with Crippen LogP contribution in [0.1, 0.15) is 30.5 Å². The van der Waals surface area contributed by atoms with Gasteiger partial charge in [-0.15, -0.1) is 0 Å². The van der Waals surface area contributed by atoms with Crippen LogP contribution in [-0.2, 0) is 6.42 Å². The lowest BCUT2D eigenvalue weighted by molar-refractivity contribution is -0.0403. The lowest BCUT2D eigenvalue weighted by Gasteiger charge is -2.44. The number of aliphatic hydroxyl groups is 1. The molecule has 1 aromatic heterocycles. The SMILES string of the molecule is Cc1cc(F)cc2c(=O)[nH]c(CCC(O)N3C4CCC3CN(c3ccc(F)cc3)C4)cc12. The quantitative estimate of drug-likeness (QED) is 0.636. The number of aliphatic hydroxyl groups excluding tert-OH is 1. The predicted octanol–water partition coefficient (Wildman–Crippen LogP) is 3.72. The van der Waals surface area contributed by atoms with Crippen LogP contribution in [0.5, 0.6) is 0 Å². The Kier molecular flexibility index (Phi) is 5.47. The predicted molar refractivity (Wildman–Crippen MR) is 121 cm³/mol. The number of aromatic nitrogens is 1. The summed E-state index contributed by atoms with van der Waals surface area (Å²) < 4.78 is 26.9. The van der Waals surface area contributed by atoms with Gasteiger partial charge in [0.1, 0.15) is 17.9 Å².